The van der Waals surface area contributed by atoms with Crippen LogP contribution in [0.4, 0.5) is 10.2 Å². The van der Waals surface area contributed by atoms with E-state index in [4.69, 9.17) is 76.8 Å². The van der Waals surface area contributed by atoms with Crippen molar-refractivity contribution in [1.82, 2.24) is 14.8 Å². The van der Waals surface area contributed by atoms with Gasteiger partial charge in [0.05, 0.1) is 103 Å². The monoisotopic (exact) mass is 1910 g/mol. The van der Waals surface area contributed by atoms with Crippen LogP contribution in [0.2, 0.25) is 0 Å². The van der Waals surface area contributed by atoms with E-state index in [0.717, 1.165) is 54.4 Å². The van der Waals surface area contributed by atoms with Gasteiger partial charge in [-0.1, -0.05) is 91.0 Å². The van der Waals surface area contributed by atoms with Gasteiger partial charge in [-0.3, -0.25) is 33.6 Å². The molecule has 5 heterocycles. The lowest BCUT2D eigenvalue weighted by Crippen LogP contribution is -2.61. The second-order valence-electron chi connectivity index (χ2n) is 35.4. The number of pyridine rings is 1. The number of aliphatic hydroxyl groups excluding tert-OH is 1. The molecule has 2 amide bonds. The lowest BCUT2D eigenvalue weighted by atomic mass is 9.78. The van der Waals surface area contributed by atoms with E-state index in [1.165, 1.54) is 32.1 Å². The number of allylic oxidation sites excluding steroid dienone is 6. The molecule has 0 radical (unpaired) electrons. The van der Waals surface area contributed by atoms with E-state index in [1.54, 1.807) is 65.3 Å². The van der Waals surface area contributed by atoms with E-state index >= 15 is 4.39 Å². The van der Waals surface area contributed by atoms with Gasteiger partial charge in [0, 0.05) is 141 Å². The third-order valence-electron chi connectivity index (χ3n) is 24.8. The predicted molar refractivity (Wildman–Crippen MR) is 504 cm³/mol. The highest BCUT2D eigenvalue weighted by Gasteiger charge is 2.53. The van der Waals surface area contributed by atoms with Crippen molar-refractivity contribution in [3.8, 4) is 16.9 Å². The number of aliphatic hydroxyl groups is 2. The van der Waals surface area contributed by atoms with Crippen LogP contribution in [-0.2, 0) is 116 Å². The van der Waals surface area contributed by atoms with Crippen LogP contribution in [-0.4, -0.2) is 288 Å². The lowest BCUT2D eigenvalue weighted by Gasteiger charge is -2.42. The zero-order valence-corrected chi connectivity index (χ0v) is 82.7. The highest BCUT2D eigenvalue weighted by atomic mass is 32.2. The molecule has 752 valence electrons. The zero-order chi connectivity index (χ0) is 98.3. The molecule has 0 spiro atoms. The molecule has 33 heteroatoms. The minimum absolute atomic E-state index is 0.00669. The van der Waals surface area contributed by atoms with E-state index in [0.29, 0.717) is 160 Å². The van der Waals surface area contributed by atoms with Crippen LogP contribution < -0.4 is 10.5 Å². The van der Waals surface area contributed by atoms with Crippen LogP contribution in [0, 0.1) is 48.2 Å². The number of piperidine rings is 1. The largest absolute Gasteiger partial charge is 0.491 e. The highest BCUT2D eigenvalue weighted by molar-refractivity contribution is 7.91. The van der Waals surface area contributed by atoms with Crippen LogP contribution in [0.5, 0.6) is 5.75 Å². The van der Waals surface area contributed by atoms with Crippen LogP contribution in [0.15, 0.2) is 101 Å². The molecule has 134 heavy (non-hydrogen) atoms. The van der Waals surface area contributed by atoms with Gasteiger partial charge in [-0.05, 0) is 187 Å². The maximum absolute atomic E-state index is 15.4. The number of hydrogen-bond donors (Lipinski definition) is 3. The number of esters is 2. The second kappa shape index (κ2) is 61.4. The molecule has 3 aromatic rings. The number of nitrogens with two attached hydrogens (primary N) is 1. The van der Waals surface area contributed by atoms with E-state index in [2.05, 4.69) is 18.8 Å². The summed E-state index contributed by atoms with van der Waals surface area (Å²) in [5, 5.41) is 23.5. The van der Waals surface area contributed by atoms with Gasteiger partial charge < -0.3 is 96.8 Å². The molecule has 4 N–H and O–H groups in total. The number of sulfone groups is 1. The Labute approximate surface area is 793 Å². The Morgan fingerprint density at radius 1 is 0.687 bits per heavy atom. The third kappa shape index (κ3) is 37.7. The maximum Gasteiger partial charge on any atom is 0.329 e. The molecular formula is C101H153FN4O27S. The first-order valence-electron chi connectivity index (χ1n) is 47.6. The first kappa shape index (κ1) is 115. The summed E-state index contributed by atoms with van der Waals surface area (Å²) in [4.78, 5) is 116. The van der Waals surface area contributed by atoms with Crippen LogP contribution in [0.25, 0.3) is 11.1 Å². The third-order valence-corrected chi connectivity index (χ3v) is 26.7. The Balaban J connectivity index is 0.000000368. The molecule has 0 unspecified atom stereocenters. The Morgan fingerprint density at radius 3 is 1.95 bits per heavy atom. The summed E-state index contributed by atoms with van der Waals surface area (Å²) in [6, 6.07) is 10.5. The SMILES string of the molecule is CCCOCCOCCOCCOCCOCCOCCC.COCCC(=O)CCCS(=O)(=O)c1ccc(C(=O)N2CCOc3ccc(-c4ccc(N)nc4)cc3C2)c(C)c1F.COCCCC(=O)O[C@@H]1CC[C@@H](C[C@@H](C)[C@@H]2CC(=O)[C@H](C)/C=C(\C)[C@@H](O)[C@@H](OC)C(=O)[C@H](C)C[C@H](C)/C=C/C=C/C=C(\C)[C@@H](OC)C[C@@H]3CC[C@@H](C)[C@@](O)(O3)C(=O)C(=O)N3CCCC[C@H]3C(=O)O2)C[C@H]1OC. The molecule has 2 aromatic carbocycles. The fourth-order valence-electron chi connectivity index (χ4n) is 16.8. The number of aromatic nitrogens is 1. The number of anilines is 1. The van der Waals surface area contributed by atoms with Gasteiger partial charge in [-0.2, -0.15) is 0 Å². The number of amides is 2. The Bertz CT molecular complexity index is 4340. The summed E-state index contributed by atoms with van der Waals surface area (Å²) in [6.07, 6.45) is 15.8. The van der Waals surface area contributed by atoms with E-state index in [1.807, 2.05) is 82.3 Å². The van der Waals surface area contributed by atoms with Crippen molar-refractivity contribution < 1.29 is 132 Å². The summed E-state index contributed by atoms with van der Waals surface area (Å²) in [5.41, 5.74) is 9.48. The normalized spacial score (nSPS) is 26.0. The van der Waals surface area contributed by atoms with E-state index < -0.39 is 110 Å². The summed E-state index contributed by atoms with van der Waals surface area (Å²) in [6.45, 7) is 27.4. The van der Waals surface area contributed by atoms with Crippen molar-refractivity contribution in [3.63, 3.8) is 0 Å². The Morgan fingerprint density at radius 2 is 1.34 bits per heavy atom. The van der Waals surface area contributed by atoms with Crippen molar-refractivity contribution >= 4 is 62.5 Å². The van der Waals surface area contributed by atoms with Crippen molar-refractivity contribution in [2.24, 2.45) is 35.5 Å². The first-order valence-corrected chi connectivity index (χ1v) is 49.3. The molecule has 15 atom stereocenters. The number of Topliss-reactive ketones (excluding diaryl/α,β-unsaturated/α-hetero) is 4. The molecule has 5 aliphatic rings. The van der Waals surface area contributed by atoms with Crippen LogP contribution >= 0.6 is 0 Å². The Hall–Kier alpha value is -7.97. The quantitative estimate of drug-likeness (QED) is 0.0206. The van der Waals surface area contributed by atoms with Crippen molar-refractivity contribution in [3.05, 3.63) is 119 Å². The molecule has 1 aliphatic carbocycles. The summed E-state index contributed by atoms with van der Waals surface area (Å²) in [5.74, 6) is -9.37. The van der Waals surface area contributed by atoms with Crippen molar-refractivity contribution in [2.45, 2.75) is 257 Å². The van der Waals surface area contributed by atoms with Gasteiger partial charge in [0.15, 0.2) is 15.6 Å². The number of halogens is 1. The molecule has 31 nitrogen and oxygen atoms in total. The van der Waals surface area contributed by atoms with E-state index in [-0.39, 0.29) is 135 Å². The number of cyclic esters (lactones) is 1. The van der Waals surface area contributed by atoms with Gasteiger partial charge in [0.1, 0.15) is 70.9 Å². The van der Waals surface area contributed by atoms with Gasteiger partial charge in [0.25, 0.3) is 17.6 Å². The minimum atomic E-state index is -3.99. The van der Waals surface area contributed by atoms with Gasteiger partial charge in [0.2, 0.25) is 5.79 Å². The number of hydrogen-bond acceptors (Lipinski definition) is 29. The number of ketones is 4. The van der Waals surface area contributed by atoms with Gasteiger partial charge >= 0.3 is 11.9 Å². The number of nitrogen functional groups attached to an aromatic ring is 1. The zero-order valence-electron chi connectivity index (χ0n) is 81.8. The molecule has 2 saturated heterocycles. The molecule has 4 aliphatic heterocycles. The fraction of sp³-hybridized carbons (Fsp3) is 0.673. The first-order chi connectivity index (χ1) is 64.2. The number of methoxy groups -OCH3 is 5. The molecular weight excluding hydrogens is 1750 g/mol. The van der Waals surface area contributed by atoms with Crippen LogP contribution in [0.1, 0.15) is 206 Å². The second-order valence-corrected chi connectivity index (χ2v) is 37.5. The summed E-state index contributed by atoms with van der Waals surface area (Å²) < 4.78 is 124. The topological polar surface area (TPSA) is 395 Å². The van der Waals surface area contributed by atoms with Gasteiger partial charge in [-0.15, -0.1) is 0 Å². The van der Waals surface area contributed by atoms with Gasteiger partial charge in [-0.25, -0.2) is 22.6 Å². The highest BCUT2D eigenvalue weighted by Crippen LogP contribution is 2.40. The number of nitrogens with zero attached hydrogens (tertiary/aromatic N) is 3. The number of ether oxygens (including phenoxy) is 15. The number of benzene rings is 2. The Kier molecular flexibility index (Phi) is 52.6. The summed E-state index contributed by atoms with van der Waals surface area (Å²) >= 11 is 0. The molecule has 3 fully saturated rings. The standard InChI is InChI=1S/C56H87NO15.C29H32FN3O6S.C16H34O6/c1-34-18-13-12-14-19-35(2)46(67-9)32-42-24-22-40(7)56(65,72-42)53(62)54(63)57-26-16-15-20-43(57)55(64)71-47(33-44(58)36(3)29-39(6)51(61)52(69-11)50(60)38(5)28-34)37(4)30-41-23-25-45(48(31-41)68-10)70-49(59)21-17-27-66-8;1-19-24(7-9-26(28(19)30)40(36,37)15-3-4-23(34)11-13-38-2)29(35)33-12-14-39-25-8-5-20(16-22(25)18-33)21-6-10-27(31)32-17-21;1-3-5-17-7-9-19-11-13-21-15-16-22-14-12-20-10-8-18-6-4-2/h12-14,18-19,29,34,36-38,40-43,45-48,51-52,61,65H,15-17,20-28,30-33H2,1-11H3;5-10,16-17H,3-4,11-15,18H2,1-2H3,(H2,31,32);3-16H2,1-2H3/b14-12+,18-13+,35-19+,39-29+;;/t34-,36-,37-,38-,40-,41+,42+,43+,45-,46+,47+,48-,51-,52+,56-;;/m1../s1. The fourth-order valence-corrected chi connectivity index (χ4v) is 18.3. The minimum Gasteiger partial charge on any atom is -0.491 e. The smallest absolute Gasteiger partial charge is 0.329 e. The number of carbonyl (C=O) groups is 8. The van der Waals surface area contributed by atoms with Crippen molar-refractivity contribution in [1.29, 1.82) is 0 Å². The maximum atomic E-state index is 15.4. The molecule has 8 rings (SSSR count). The average molecular weight is 1910 g/mol. The van der Waals surface area contributed by atoms with Crippen LogP contribution in [0.3, 0.4) is 0 Å². The lowest BCUT2D eigenvalue weighted by molar-refractivity contribution is -0.265. The van der Waals surface area contributed by atoms with Crippen molar-refractivity contribution in [2.75, 3.05) is 159 Å². The number of rotatable bonds is 40. The average Bonchev–Trinajstić information content (AvgIpc) is 0.880. The predicted octanol–water partition coefficient (Wildman–Crippen LogP) is 13.0. The number of fused-ring (bicyclic) bond motifs is 4. The number of carbonyl (C=O) groups excluding carboxylic acids is 8. The van der Waals surface area contributed by atoms with E-state index in [9.17, 15) is 57.0 Å². The molecule has 2 bridgehead atoms. The molecule has 1 aromatic heterocycles. The summed E-state index contributed by atoms with van der Waals surface area (Å²) in [7, 11) is 3.59. The molecule has 1 saturated carbocycles.